The molecule has 1 aromatic heterocycles. The summed E-state index contributed by atoms with van der Waals surface area (Å²) in [5, 5.41) is 9.69. The molecular weight excluding hydrogens is 302 g/mol. The van der Waals surface area contributed by atoms with Gasteiger partial charge in [-0.15, -0.1) is 11.3 Å². The van der Waals surface area contributed by atoms with Gasteiger partial charge in [0.15, 0.2) is 9.84 Å². The minimum absolute atomic E-state index is 0.00556. The van der Waals surface area contributed by atoms with Crippen molar-refractivity contribution >= 4 is 43.6 Å². The minimum atomic E-state index is -3.41. The van der Waals surface area contributed by atoms with Crippen LogP contribution in [0.4, 0.5) is 10.7 Å². The fourth-order valence-corrected chi connectivity index (χ4v) is 5.48. The molecule has 8 heteroatoms. The number of thioether (sulfide) groups is 1. The lowest BCUT2D eigenvalue weighted by Gasteiger charge is -2.27. The number of rotatable bonds is 3. The van der Waals surface area contributed by atoms with Crippen molar-refractivity contribution in [1.82, 2.24) is 0 Å². The summed E-state index contributed by atoms with van der Waals surface area (Å²) in [5.74, 6) is 1.92. The van der Waals surface area contributed by atoms with Crippen LogP contribution in [0.2, 0.25) is 0 Å². The van der Waals surface area contributed by atoms with E-state index in [-0.39, 0.29) is 16.3 Å². The van der Waals surface area contributed by atoms with Gasteiger partial charge in [-0.05, 0) is 0 Å². The second kappa shape index (κ2) is 5.61. The van der Waals surface area contributed by atoms with Gasteiger partial charge in [0.1, 0.15) is 20.8 Å². The largest absolute Gasteiger partial charge is 0.396 e. The summed E-state index contributed by atoms with van der Waals surface area (Å²) in [6, 6.07) is 1.99. The lowest BCUT2D eigenvalue weighted by Crippen LogP contribution is -2.32. The SMILES string of the molecule is CCS(=O)(=O)c1c(N2CCSCC2)sc(C#N)c1N. The predicted octanol–water partition coefficient (Wildman–Crippen LogP) is 1.55. The van der Waals surface area contributed by atoms with Crippen LogP contribution in [0, 0.1) is 11.3 Å². The Morgan fingerprint density at radius 1 is 1.42 bits per heavy atom. The van der Waals surface area contributed by atoms with E-state index in [4.69, 9.17) is 11.0 Å². The van der Waals surface area contributed by atoms with E-state index in [1.807, 2.05) is 22.7 Å². The monoisotopic (exact) mass is 317 g/mol. The molecule has 2 rings (SSSR count). The molecule has 1 aromatic rings. The number of nitrogens with two attached hydrogens (primary N) is 1. The Morgan fingerprint density at radius 3 is 2.58 bits per heavy atom. The minimum Gasteiger partial charge on any atom is -0.396 e. The zero-order valence-corrected chi connectivity index (χ0v) is 13.0. The Kier molecular flexibility index (Phi) is 4.28. The smallest absolute Gasteiger partial charge is 0.183 e. The Hall–Kier alpha value is -0.910. The maximum atomic E-state index is 12.2. The van der Waals surface area contributed by atoms with Crippen molar-refractivity contribution in [2.75, 3.05) is 41.0 Å². The molecule has 104 valence electrons. The van der Waals surface area contributed by atoms with Gasteiger partial charge in [-0.3, -0.25) is 0 Å². The summed E-state index contributed by atoms with van der Waals surface area (Å²) in [5.41, 5.74) is 5.97. The first kappa shape index (κ1) is 14.5. The Bertz CT molecular complexity index is 610. The molecular formula is C11H15N3O2S3. The third-order valence-electron chi connectivity index (χ3n) is 2.97. The summed E-state index contributed by atoms with van der Waals surface area (Å²) in [6.07, 6.45) is 0. The van der Waals surface area contributed by atoms with E-state index >= 15 is 0 Å². The van der Waals surface area contributed by atoms with Crippen LogP contribution in [0.1, 0.15) is 11.8 Å². The molecule has 0 amide bonds. The van der Waals surface area contributed by atoms with E-state index < -0.39 is 9.84 Å². The lowest BCUT2D eigenvalue weighted by molar-refractivity contribution is 0.597. The number of hydrogen-bond acceptors (Lipinski definition) is 7. The van der Waals surface area contributed by atoms with Crippen molar-refractivity contribution < 1.29 is 8.42 Å². The zero-order valence-electron chi connectivity index (χ0n) is 10.5. The first-order valence-corrected chi connectivity index (χ1v) is 9.51. The molecule has 1 saturated heterocycles. The molecule has 1 aliphatic heterocycles. The fraction of sp³-hybridized carbons (Fsp3) is 0.545. The van der Waals surface area contributed by atoms with Gasteiger partial charge in [0, 0.05) is 24.6 Å². The molecule has 0 radical (unpaired) electrons. The Labute approximate surface area is 121 Å². The highest BCUT2D eigenvalue weighted by molar-refractivity contribution is 7.99. The molecule has 0 bridgehead atoms. The first-order valence-electron chi connectivity index (χ1n) is 5.89. The summed E-state index contributed by atoms with van der Waals surface area (Å²) in [4.78, 5) is 2.48. The number of anilines is 2. The first-order chi connectivity index (χ1) is 9.01. The quantitative estimate of drug-likeness (QED) is 0.910. The second-order valence-corrected chi connectivity index (χ2v) is 8.53. The van der Waals surface area contributed by atoms with Gasteiger partial charge in [-0.2, -0.15) is 17.0 Å². The van der Waals surface area contributed by atoms with Crippen LogP contribution in [0.3, 0.4) is 0 Å². The van der Waals surface area contributed by atoms with Gasteiger partial charge >= 0.3 is 0 Å². The molecule has 1 aliphatic rings. The summed E-state index contributed by atoms with van der Waals surface area (Å²) >= 11 is 3.03. The van der Waals surface area contributed by atoms with Crippen molar-refractivity contribution in [1.29, 1.82) is 5.26 Å². The molecule has 0 aliphatic carbocycles. The number of thiophene rings is 1. The van der Waals surface area contributed by atoms with Crippen molar-refractivity contribution in [2.24, 2.45) is 0 Å². The Morgan fingerprint density at radius 2 is 2.05 bits per heavy atom. The standard InChI is InChI=1S/C11H15N3O2S3/c1-2-19(15,16)10-9(13)8(7-12)18-11(10)14-3-5-17-6-4-14/h2-6,13H2,1H3. The average Bonchev–Trinajstić information content (AvgIpc) is 2.77. The molecule has 19 heavy (non-hydrogen) atoms. The van der Waals surface area contributed by atoms with Crippen LogP contribution in [-0.4, -0.2) is 38.8 Å². The maximum Gasteiger partial charge on any atom is 0.183 e. The molecule has 0 spiro atoms. The molecule has 0 unspecified atom stereocenters. The van der Waals surface area contributed by atoms with E-state index in [9.17, 15) is 8.42 Å². The molecule has 0 aromatic carbocycles. The van der Waals surface area contributed by atoms with Crippen molar-refractivity contribution in [3.63, 3.8) is 0 Å². The molecule has 2 heterocycles. The normalized spacial score (nSPS) is 16.3. The second-order valence-electron chi connectivity index (χ2n) is 4.09. The molecule has 0 saturated carbocycles. The fourth-order valence-electron chi connectivity index (χ4n) is 1.92. The van der Waals surface area contributed by atoms with Crippen LogP contribution in [0.25, 0.3) is 0 Å². The molecule has 5 nitrogen and oxygen atoms in total. The van der Waals surface area contributed by atoms with E-state index in [1.54, 1.807) is 6.92 Å². The molecule has 0 atom stereocenters. The van der Waals surface area contributed by atoms with Gasteiger partial charge in [0.25, 0.3) is 0 Å². The van der Waals surface area contributed by atoms with Crippen molar-refractivity contribution in [2.45, 2.75) is 11.8 Å². The zero-order chi connectivity index (χ0) is 14.0. The van der Waals surface area contributed by atoms with E-state index in [0.29, 0.717) is 9.88 Å². The van der Waals surface area contributed by atoms with Gasteiger partial charge in [-0.25, -0.2) is 8.42 Å². The van der Waals surface area contributed by atoms with Crippen LogP contribution in [0.5, 0.6) is 0 Å². The van der Waals surface area contributed by atoms with Crippen LogP contribution >= 0.6 is 23.1 Å². The third-order valence-corrected chi connectivity index (χ3v) is 7.01. The highest BCUT2D eigenvalue weighted by atomic mass is 32.2. The number of nitrogen functional groups attached to an aromatic ring is 1. The van der Waals surface area contributed by atoms with Gasteiger partial charge in [0.2, 0.25) is 0 Å². The van der Waals surface area contributed by atoms with Gasteiger partial charge in [0.05, 0.1) is 11.4 Å². The Balaban J connectivity index is 2.57. The summed E-state index contributed by atoms with van der Waals surface area (Å²) in [6.45, 7) is 3.18. The number of nitriles is 1. The maximum absolute atomic E-state index is 12.2. The lowest BCUT2D eigenvalue weighted by atomic mass is 10.4. The average molecular weight is 317 g/mol. The highest BCUT2D eigenvalue weighted by Gasteiger charge is 2.29. The van der Waals surface area contributed by atoms with Crippen LogP contribution in [-0.2, 0) is 9.84 Å². The third kappa shape index (κ3) is 2.68. The van der Waals surface area contributed by atoms with E-state index in [1.165, 1.54) is 11.3 Å². The number of hydrogen-bond donors (Lipinski definition) is 1. The number of sulfone groups is 1. The van der Waals surface area contributed by atoms with Crippen LogP contribution in [0.15, 0.2) is 4.90 Å². The predicted molar refractivity (Wildman–Crippen MR) is 80.7 cm³/mol. The topological polar surface area (TPSA) is 87.2 Å². The highest BCUT2D eigenvalue weighted by Crippen LogP contribution is 2.42. The molecule has 2 N–H and O–H groups in total. The number of nitrogens with zero attached hydrogens (tertiary/aromatic N) is 2. The van der Waals surface area contributed by atoms with Crippen molar-refractivity contribution in [3.8, 4) is 6.07 Å². The summed E-state index contributed by atoms with van der Waals surface area (Å²) < 4.78 is 24.4. The van der Waals surface area contributed by atoms with Crippen LogP contribution < -0.4 is 10.6 Å². The molecule has 1 fully saturated rings. The van der Waals surface area contributed by atoms with E-state index in [0.717, 1.165) is 24.6 Å². The van der Waals surface area contributed by atoms with Crippen molar-refractivity contribution in [3.05, 3.63) is 4.88 Å². The summed E-state index contributed by atoms with van der Waals surface area (Å²) in [7, 11) is -3.41. The van der Waals surface area contributed by atoms with E-state index in [2.05, 4.69) is 0 Å². The van der Waals surface area contributed by atoms with Gasteiger partial charge < -0.3 is 10.6 Å². The van der Waals surface area contributed by atoms with Gasteiger partial charge in [-0.1, -0.05) is 6.92 Å².